The summed E-state index contributed by atoms with van der Waals surface area (Å²) in [6.45, 7) is 0. The van der Waals surface area contributed by atoms with Crippen molar-refractivity contribution in [1.82, 2.24) is 0 Å². The molecule has 0 aromatic heterocycles. The van der Waals surface area contributed by atoms with E-state index in [1.807, 2.05) is 0 Å². The average molecular weight is 241 g/mol. The second-order valence-corrected chi connectivity index (χ2v) is 7.09. The molecular formula is C12H8Y. The molecule has 1 heterocycles. The van der Waals surface area contributed by atoms with Crippen LogP contribution in [-0.2, 0) is 29.2 Å². The minimum atomic E-state index is -0.625. The van der Waals surface area contributed by atoms with E-state index < -0.39 is 29.2 Å². The van der Waals surface area contributed by atoms with Crippen LogP contribution in [0.15, 0.2) is 48.5 Å². The minimum absolute atomic E-state index is 0.625. The molecule has 0 unspecified atom stereocenters. The van der Waals surface area contributed by atoms with Crippen LogP contribution in [0.25, 0.3) is 11.1 Å². The molecule has 1 heteroatoms. The van der Waals surface area contributed by atoms with Gasteiger partial charge in [-0.05, 0) is 0 Å². The predicted octanol–water partition coefficient (Wildman–Crippen LogP) is 1.70. The Morgan fingerprint density at radius 3 is 1.62 bits per heavy atom. The fourth-order valence-electron chi connectivity index (χ4n) is 1.90. The van der Waals surface area contributed by atoms with Crippen molar-refractivity contribution in [3.05, 3.63) is 48.5 Å². The number of benzene rings is 2. The standard InChI is InChI=1S/C12H8.Y/c1-3-7-11(8-4-1)12-9-5-2-6-10-12;/h1-7,9H;. The Morgan fingerprint density at radius 1 is 0.615 bits per heavy atom. The summed E-state index contributed by atoms with van der Waals surface area (Å²) in [4.78, 5) is 0. The van der Waals surface area contributed by atoms with E-state index in [2.05, 4.69) is 48.5 Å². The molecule has 59 valence electrons. The van der Waals surface area contributed by atoms with Gasteiger partial charge < -0.3 is 0 Å². The summed E-state index contributed by atoms with van der Waals surface area (Å²) in [7, 11) is 0. The molecule has 1 aliphatic rings. The molecule has 0 N–H and O–H groups in total. The van der Waals surface area contributed by atoms with E-state index in [9.17, 15) is 0 Å². The van der Waals surface area contributed by atoms with E-state index in [1.165, 1.54) is 11.1 Å². The summed E-state index contributed by atoms with van der Waals surface area (Å²) in [5, 5.41) is 0. The number of rotatable bonds is 0. The number of fused-ring (bicyclic) bond motifs is 3. The number of hydrogen-bond acceptors (Lipinski definition) is 0. The van der Waals surface area contributed by atoms with Crippen LogP contribution in [0.5, 0.6) is 0 Å². The van der Waals surface area contributed by atoms with Gasteiger partial charge in [-0.1, -0.05) is 0 Å². The summed E-state index contributed by atoms with van der Waals surface area (Å²) < 4.78 is 3.30. The van der Waals surface area contributed by atoms with Crippen LogP contribution in [0.2, 0.25) is 0 Å². The second kappa shape index (κ2) is 3.04. The Labute approximate surface area is 93.0 Å². The molecular weight excluding hydrogens is 233 g/mol. The molecule has 13 heavy (non-hydrogen) atoms. The first-order valence-electron chi connectivity index (χ1n) is 4.48. The SMILES string of the molecule is c1ccc2[c](c1)[Y][c]1ccccc1-2. The third-order valence-corrected chi connectivity index (χ3v) is 6.53. The molecule has 0 radical (unpaired) electrons. The van der Waals surface area contributed by atoms with E-state index in [0.717, 1.165) is 0 Å². The first kappa shape index (κ1) is 7.90. The van der Waals surface area contributed by atoms with Gasteiger partial charge in [0.25, 0.3) is 0 Å². The molecule has 0 spiro atoms. The van der Waals surface area contributed by atoms with Gasteiger partial charge in [-0.25, -0.2) is 0 Å². The van der Waals surface area contributed by atoms with Crippen molar-refractivity contribution in [3.63, 3.8) is 0 Å². The maximum absolute atomic E-state index is 2.30. The Balaban J connectivity index is 2.32. The van der Waals surface area contributed by atoms with Crippen molar-refractivity contribution in [2.45, 2.75) is 0 Å². The molecule has 0 bridgehead atoms. The summed E-state index contributed by atoms with van der Waals surface area (Å²) >= 11 is -0.625. The first-order chi connectivity index (χ1) is 6.45. The third-order valence-electron chi connectivity index (χ3n) is 2.52. The molecule has 0 atom stereocenters. The van der Waals surface area contributed by atoms with Gasteiger partial charge in [0.1, 0.15) is 0 Å². The molecule has 0 fully saturated rings. The second-order valence-electron chi connectivity index (χ2n) is 3.32. The van der Waals surface area contributed by atoms with E-state index in [1.54, 1.807) is 4.75 Å². The maximum atomic E-state index is 2.30. The van der Waals surface area contributed by atoms with Gasteiger partial charge in [0, 0.05) is 0 Å². The van der Waals surface area contributed by atoms with Crippen molar-refractivity contribution in [2.24, 2.45) is 0 Å². The van der Waals surface area contributed by atoms with Crippen LogP contribution in [-0.4, -0.2) is 0 Å². The van der Waals surface area contributed by atoms with Gasteiger partial charge in [-0.15, -0.1) is 0 Å². The molecule has 0 aliphatic carbocycles. The van der Waals surface area contributed by atoms with Crippen LogP contribution in [0, 0.1) is 0 Å². The van der Waals surface area contributed by atoms with E-state index in [-0.39, 0.29) is 0 Å². The van der Waals surface area contributed by atoms with E-state index >= 15 is 0 Å². The summed E-state index contributed by atoms with van der Waals surface area (Å²) in [6, 6.07) is 17.7. The zero-order valence-corrected chi connectivity index (χ0v) is 10.0. The quantitative estimate of drug-likeness (QED) is 0.562. The Morgan fingerprint density at radius 2 is 1.08 bits per heavy atom. The van der Waals surface area contributed by atoms with Crippen molar-refractivity contribution < 1.29 is 29.2 Å². The Bertz CT molecular complexity index is 417. The van der Waals surface area contributed by atoms with Gasteiger partial charge in [0.15, 0.2) is 0 Å². The topological polar surface area (TPSA) is 0 Å². The predicted molar refractivity (Wildman–Crippen MR) is 51.1 cm³/mol. The summed E-state index contributed by atoms with van der Waals surface area (Å²) in [6.07, 6.45) is 0. The molecule has 1 aliphatic heterocycles. The molecule has 3 rings (SSSR count). The zero-order valence-electron chi connectivity index (χ0n) is 7.20. The number of hydrogen-bond donors (Lipinski definition) is 0. The van der Waals surface area contributed by atoms with Gasteiger partial charge in [-0.2, -0.15) is 0 Å². The summed E-state index contributed by atoms with van der Waals surface area (Å²) in [5.41, 5.74) is 3.00. The van der Waals surface area contributed by atoms with Gasteiger partial charge in [0.2, 0.25) is 0 Å². The molecule has 0 saturated carbocycles. The van der Waals surface area contributed by atoms with Crippen molar-refractivity contribution >= 4 is 4.75 Å². The van der Waals surface area contributed by atoms with Crippen molar-refractivity contribution in [3.8, 4) is 11.1 Å². The van der Waals surface area contributed by atoms with Crippen LogP contribution >= 0.6 is 0 Å². The van der Waals surface area contributed by atoms with E-state index in [0.29, 0.717) is 0 Å². The Kier molecular flexibility index (Phi) is 1.85. The zero-order chi connectivity index (χ0) is 8.67. The monoisotopic (exact) mass is 241 g/mol. The normalized spacial score (nSPS) is 11.1. The summed E-state index contributed by atoms with van der Waals surface area (Å²) in [5.74, 6) is 0. The van der Waals surface area contributed by atoms with Crippen molar-refractivity contribution in [1.29, 1.82) is 0 Å². The third kappa shape index (κ3) is 1.20. The fourth-order valence-corrected chi connectivity index (χ4v) is 5.75. The first-order valence-corrected chi connectivity index (χ1v) is 7.32. The van der Waals surface area contributed by atoms with Crippen LogP contribution < -0.4 is 4.75 Å². The molecule has 0 amide bonds. The fraction of sp³-hybridized carbons (Fsp3) is 0. The van der Waals surface area contributed by atoms with Crippen LogP contribution in [0.4, 0.5) is 0 Å². The molecule has 0 nitrogen and oxygen atoms in total. The van der Waals surface area contributed by atoms with Crippen molar-refractivity contribution in [2.75, 3.05) is 0 Å². The van der Waals surface area contributed by atoms with Crippen LogP contribution in [0.1, 0.15) is 0 Å². The molecule has 2 aromatic rings. The molecule has 2 aromatic carbocycles. The van der Waals surface area contributed by atoms with E-state index in [4.69, 9.17) is 0 Å². The van der Waals surface area contributed by atoms with Gasteiger partial charge in [0.05, 0.1) is 0 Å². The van der Waals surface area contributed by atoms with Gasteiger partial charge >= 0.3 is 93.6 Å². The van der Waals surface area contributed by atoms with Gasteiger partial charge in [-0.3, -0.25) is 0 Å². The van der Waals surface area contributed by atoms with Crippen LogP contribution in [0.3, 0.4) is 0 Å². The Hall–Kier alpha value is -0.456. The molecule has 0 saturated heterocycles. The average Bonchev–Trinajstić information content (AvgIpc) is 2.56.